The number of halogens is 2. The number of sulfonamides is 1. The topological polar surface area (TPSA) is 59.1 Å². The Labute approximate surface area is 104 Å². The molecule has 1 aromatic heterocycles. The number of nitrogens with zero attached hydrogens (tertiary/aromatic N) is 1. The molecule has 1 aliphatic carbocycles. The lowest BCUT2D eigenvalue weighted by Crippen LogP contribution is -2.38. The Morgan fingerprint density at radius 2 is 2.24 bits per heavy atom. The maximum atomic E-state index is 13.3. The first-order chi connectivity index (χ1) is 8.00. The van der Waals surface area contributed by atoms with E-state index in [-0.39, 0.29) is 11.4 Å². The molecule has 1 aliphatic rings. The zero-order valence-electron chi connectivity index (χ0n) is 8.94. The molecule has 0 amide bonds. The molecule has 0 aliphatic heterocycles. The number of aromatic nitrogens is 1. The Kier molecular flexibility index (Phi) is 3.65. The first-order valence-corrected chi connectivity index (χ1v) is 7.19. The average Bonchev–Trinajstić information content (AvgIpc) is 2.64. The molecule has 0 spiro atoms. The van der Waals surface area contributed by atoms with Crippen molar-refractivity contribution in [3.63, 3.8) is 0 Å². The quantitative estimate of drug-likeness (QED) is 0.856. The summed E-state index contributed by atoms with van der Waals surface area (Å²) in [5.41, 5.74) is 0. The maximum Gasteiger partial charge on any atom is 0.261 e. The molecule has 94 valence electrons. The summed E-state index contributed by atoms with van der Waals surface area (Å²) in [5, 5.41) is -0.813. The molecule has 2 rings (SSSR count). The summed E-state index contributed by atoms with van der Waals surface area (Å²) in [4.78, 5) is 3.55. The molecule has 1 aromatic rings. The Morgan fingerprint density at radius 1 is 1.47 bits per heavy atom. The SMILES string of the molecule is O=S(=O)(NC1CCCC1Cl)c1ncccc1F. The van der Waals surface area contributed by atoms with Gasteiger partial charge in [0.15, 0.2) is 5.82 Å². The summed E-state index contributed by atoms with van der Waals surface area (Å²) < 4.78 is 39.5. The van der Waals surface area contributed by atoms with Gasteiger partial charge in [0, 0.05) is 17.6 Å². The molecule has 0 radical (unpaired) electrons. The van der Waals surface area contributed by atoms with E-state index in [2.05, 4.69) is 9.71 Å². The van der Waals surface area contributed by atoms with Gasteiger partial charge in [-0.15, -0.1) is 11.6 Å². The third kappa shape index (κ3) is 2.75. The number of nitrogens with one attached hydrogen (secondary N) is 1. The molecule has 2 unspecified atom stereocenters. The third-order valence-electron chi connectivity index (χ3n) is 2.72. The van der Waals surface area contributed by atoms with Crippen molar-refractivity contribution in [1.29, 1.82) is 0 Å². The highest BCUT2D eigenvalue weighted by molar-refractivity contribution is 7.89. The Balaban J connectivity index is 2.22. The van der Waals surface area contributed by atoms with Crippen LogP contribution in [0.4, 0.5) is 4.39 Å². The van der Waals surface area contributed by atoms with Crippen molar-refractivity contribution in [2.75, 3.05) is 0 Å². The van der Waals surface area contributed by atoms with E-state index >= 15 is 0 Å². The molecule has 1 saturated carbocycles. The van der Waals surface area contributed by atoms with Gasteiger partial charge in [-0.05, 0) is 25.0 Å². The van der Waals surface area contributed by atoms with Gasteiger partial charge in [-0.2, -0.15) is 0 Å². The summed E-state index contributed by atoms with van der Waals surface area (Å²) in [6.07, 6.45) is 3.54. The van der Waals surface area contributed by atoms with E-state index in [1.165, 1.54) is 12.3 Å². The fourth-order valence-corrected chi connectivity index (χ4v) is 3.61. The van der Waals surface area contributed by atoms with Gasteiger partial charge < -0.3 is 0 Å². The number of rotatable bonds is 3. The normalized spacial score (nSPS) is 25.1. The molecule has 0 bridgehead atoms. The first-order valence-electron chi connectivity index (χ1n) is 5.27. The largest absolute Gasteiger partial charge is 0.261 e. The van der Waals surface area contributed by atoms with E-state index in [0.717, 1.165) is 18.9 Å². The van der Waals surface area contributed by atoms with Crippen LogP contribution in [0.1, 0.15) is 19.3 Å². The zero-order chi connectivity index (χ0) is 12.5. The fraction of sp³-hybridized carbons (Fsp3) is 0.500. The minimum absolute atomic E-state index is 0.239. The van der Waals surface area contributed by atoms with Crippen molar-refractivity contribution in [2.24, 2.45) is 0 Å². The lowest BCUT2D eigenvalue weighted by molar-refractivity contribution is 0.528. The van der Waals surface area contributed by atoms with Crippen molar-refractivity contribution >= 4 is 21.6 Å². The van der Waals surface area contributed by atoms with Crippen LogP contribution in [-0.2, 0) is 10.0 Å². The number of hydrogen-bond acceptors (Lipinski definition) is 3. The molecular formula is C10H12ClFN2O2S. The summed E-state index contributed by atoms with van der Waals surface area (Å²) in [7, 11) is -3.93. The van der Waals surface area contributed by atoms with Crippen molar-refractivity contribution < 1.29 is 12.8 Å². The zero-order valence-corrected chi connectivity index (χ0v) is 10.5. The third-order valence-corrected chi connectivity index (χ3v) is 4.66. The number of alkyl halides is 1. The van der Waals surface area contributed by atoms with E-state index in [1.54, 1.807) is 0 Å². The standard InChI is InChI=1S/C10H12ClFN2O2S/c11-7-3-1-5-9(7)14-17(15,16)10-8(12)4-2-6-13-10/h2,4,6-7,9,14H,1,3,5H2. The van der Waals surface area contributed by atoms with Crippen molar-refractivity contribution in [2.45, 2.75) is 35.7 Å². The highest BCUT2D eigenvalue weighted by atomic mass is 35.5. The summed E-state index contributed by atoms with van der Waals surface area (Å²) in [5.74, 6) is -0.857. The van der Waals surface area contributed by atoms with Crippen LogP contribution in [-0.4, -0.2) is 24.8 Å². The van der Waals surface area contributed by atoms with Crippen LogP contribution in [0.3, 0.4) is 0 Å². The Bertz CT molecular complexity index is 509. The fourth-order valence-electron chi connectivity index (χ4n) is 1.87. The van der Waals surface area contributed by atoms with Gasteiger partial charge in [-0.25, -0.2) is 22.5 Å². The molecule has 1 heterocycles. The summed E-state index contributed by atoms with van der Waals surface area (Å²) in [6.45, 7) is 0. The van der Waals surface area contributed by atoms with Gasteiger partial charge in [-0.3, -0.25) is 0 Å². The Morgan fingerprint density at radius 3 is 2.82 bits per heavy atom. The second-order valence-electron chi connectivity index (χ2n) is 3.97. The highest BCUT2D eigenvalue weighted by Gasteiger charge is 2.31. The molecule has 1 fully saturated rings. The van der Waals surface area contributed by atoms with E-state index < -0.39 is 20.9 Å². The summed E-state index contributed by atoms with van der Waals surface area (Å²) >= 11 is 5.97. The van der Waals surface area contributed by atoms with Crippen LogP contribution in [0.2, 0.25) is 0 Å². The predicted molar refractivity (Wildman–Crippen MR) is 61.8 cm³/mol. The Hall–Kier alpha value is -0.720. The molecule has 4 nitrogen and oxygen atoms in total. The molecule has 17 heavy (non-hydrogen) atoms. The highest BCUT2D eigenvalue weighted by Crippen LogP contribution is 2.25. The minimum Gasteiger partial charge on any atom is -0.241 e. The molecule has 2 atom stereocenters. The van der Waals surface area contributed by atoms with E-state index in [1.807, 2.05) is 0 Å². The number of pyridine rings is 1. The lowest BCUT2D eigenvalue weighted by Gasteiger charge is -2.15. The smallest absolute Gasteiger partial charge is 0.241 e. The van der Waals surface area contributed by atoms with Crippen LogP contribution in [0.5, 0.6) is 0 Å². The molecule has 0 aromatic carbocycles. The predicted octanol–water partition coefficient (Wildman–Crippen LogP) is 1.66. The summed E-state index contributed by atoms with van der Waals surface area (Å²) in [6, 6.07) is 2.06. The lowest BCUT2D eigenvalue weighted by atomic mass is 10.3. The monoisotopic (exact) mass is 278 g/mol. The van der Waals surface area contributed by atoms with Gasteiger partial charge in [0.25, 0.3) is 10.0 Å². The second kappa shape index (κ2) is 4.88. The van der Waals surface area contributed by atoms with E-state index in [9.17, 15) is 12.8 Å². The molecular weight excluding hydrogens is 267 g/mol. The molecule has 0 saturated heterocycles. The van der Waals surface area contributed by atoms with Crippen molar-refractivity contribution in [3.8, 4) is 0 Å². The van der Waals surface area contributed by atoms with E-state index in [0.29, 0.717) is 6.42 Å². The average molecular weight is 279 g/mol. The first kappa shape index (κ1) is 12.7. The molecule has 1 N–H and O–H groups in total. The van der Waals surface area contributed by atoms with Crippen molar-refractivity contribution in [1.82, 2.24) is 9.71 Å². The van der Waals surface area contributed by atoms with Crippen LogP contribution in [0, 0.1) is 5.82 Å². The van der Waals surface area contributed by atoms with Crippen LogP contribution >= 0.6 is 11.6 Å². The molecule has 7 heteroatoms. The van der Waals surface area contributed by atoms with Crippen LogP contribution in [0.15, 0.2) is 23.4 Å². The van der Waals surface area contributed by atoms with Crippen LogP contribution in [0.25, 0.3) is 0 Å². The van der Waals surface area contributed by atoms with Gasteiger partial charge in [0.05, 0.1) is 0 Å². The van der Waals surface area contributed by atoms with Crippen LogP contribution < -0.4 is 4.72 Å². The van der Waals surface area contributed by atoms with Crippen molar-refractivity contribution in [3.05, 3.63) is 24.1 Å². The number of hydrogen-bond donors (Lipinski definition) is 1. The van der Waals surface area contributed by atoms with Gasteiger partial charge in [-0.1, -0.05) is 6.42 Å². The van der Waals surface area contributed by atoms with Gasteiger partial charge in [0.1, 0.15) is 0 Å². The minimum atomic E-state index is -3.93. The second-order valence-corrected chi connectivity index (χ2v) is 6.15. The van der Waals surface area contributed by atoms with Gasteiger partial charge in [0.2, 0.25) is 5.03 Å². The van der Waals surface area contributed by atoms with Gasteiger partial charge >= 0.3 is 0 Å². The van der Waals surface area contributed by atoms with E-state index in [4.69, 9.17) is 11.6 Å². The maximum absolute atomic E-state index is 13.3.